The third-order valence-corrected chi connectivity index (χ3v) is 4.19. The van der Waals surface area contributed by atoms with Crippen molar-refractivity contribution < 1.29 is 4.39 Å². The number of rotatable bonds is 3. The van der Waals surface area contributed by atoms with Gasteiger partial charge in [-0.3, -0.25) is 0 Å². The van der Waals surface area contributed by atoms with Crippen LogP contribution in [0, 0.1) is 19.7 Å². The van der Waals surface area contributed by atoms with Gasteiger partial charge in [0.05, 0.1) is 0 Å². The molecule has 2 rings (SSSR count). The van der Waals surface area contributed by atoms with E-state index in [0.29, 0.717) is 0 Å². The Balaban J connectivity index is 2.28. The van der Waals surface area contributed by atoms with E-state index < -0.39 is 0 Å². The SMILES string of the molecule is Cc1cc(F)cc(C)c1C(Br)Cc1cccc(Cl)c1. The predicted molar refractivity (Wildman–Crippen MR) is 82.7 cm³/mol. The normalized spacial score (nSPS) is 12.5. The van der Waals surface area contributed by atoms with E-state index in [1.54, 1.807) is 12.1 Å². The molecule has 0 amide bonds. The van der Waals surface area contributed by atoms with Crippen molar-refractivity contribution in [2.75, 3.05) is 0 Å². The minimum atomic E-state index is -0.179. The Hall–Kier alpha value is -0.860. The van der Waals surface area contributed by atoms with Crippen molar-refractivity contribution in [1.82, 2.24) is 0 Å². The quantitative estimate of drug-likeness (QED) is 0.621. The van der Waals surface area contributed by atoms with E-state index in [9.17, 15) is 4.39 Å². The molecule has 19 heavy (non-hydrogen) atoms. The summed E-state index contributed by atoms with van der Waals surface area (Å²) in [4.78, 5) is 0.159. The van der Waals surface area contributed by atoms with Gasteiger partial charge in [0.15, 0.2) is 0 Å². The van der Waals surface area contributed by atoms with Crippen LogP contribution in [0.1, 0.15) is 27.1 Å². The van der Waals surface area contributed by atoms with Crippen LogP contribution in [0.3, 0.4) is 0 Å². The van der Waals surface area contributed by atoms with Gasteiger partial charge in [-0.2, -0.15) is 0 Å². The molecule has 2 aromatic rings. The summed E-state index contributed by atoms with van der Waals surface area (Å²) in [5.74, 6) is -0.179. The second-order valence-corrected chi connectivity index (χ2v) is 6.30. The zero-order valence-corrected chi connectivity index (χ0v) is 13.2. The third kappa shape index (κ3) is 3.58. The standard InChI is InChI=1S/C16H15BrClF/c1-10-6-14(19)7-11(2)16(10)15(17)9-12-4-3-5-13(18)8-12/h3-8,15H,9H2,1-2H3. The fourth-order valence-electron chi connectivity index (χ4n) is 2.39. The van der Waals surface area contributed by atoms with Crippen molar-refractivity contribution in [3.05, 3.63) is 69.5 Å². The van der Waals surface area contributed by atoms with Gasteiger partial charge in [-0.15, -0.1) is 0 Å². The van der Waals surface area contributed by atoms with Crippen LogP contribution >= 0.6 is 27.5 Å². The maximum Gasteiger partial charge on any atom is 0.123 e. The molecule has 0 aromatic heterocycles. The monoisotopic (exact) mass is 340 g/mol. The smallest absolute Gasteiger partial charge is 0.123 e. The molecule has 0 nitrogen and oxygen atoms in total. The molecule has 0 aliphatic carbocycles. The molecule has 3 heteroatoms. The maximum absolute atomic E-state index is 13.3. The molecule has 0 spiro atoms. The first-order valence-electron chi connectivity index (χ1n) is 6.12. The van der Waals surface area contributed by atoms with Crippen molar-refractivity contribution in [1.29, 1.82) is 0 Å². The van der Waals surface area contributed by atoms with Crippen molar-refractivity contribution in [2.24, 2.45) is 0 Å². The number of alkyl halides is 1. The number of hydrogen-bond donors (Lipinski definition) is 0. The fraction of sp³-hybridized carbons (Fsp3) is 0.250. The van der Waals surface area contributed by atoms with E-state index in [1.165, 1.54) is 0 Å². The average molecular weight is 342 g/mol. The van der Waals surface area contributed by atoms with Gasteiger partial charge in [-0.25, -0.2) is 4.39 Å². The lowest BCUT2D eigenvalue weighted by Crippen LogP contribution is -2.02. The molecule has 0 aliphatic rings. The number of halogens is 3. The van der Waals surface area contributed by atoms with E-state index in [-0.39, 0.29) is 10.6 Å². The second kappa shape index (κ2) is 6.06. The third-order valence-electron chi connectivity index (χ3n) is 3.18. The number of benzene rings is 2. The van der Waals surface area contributed by atoms with Crippen LogP contribution < -0.4 is 0 Å². The van der Waals surface area contributed by atoms with Crippen LogP contribution in [-0.2, 0) is 6.42 Å². The summed E-state index contributed by atoms with van der Waals surface area (Å²) in [6.45, 7) is 3.88. The van der Waals surface area contributed by atoms with Gasteiger partial charge in [0.2, 0.25) is 0 Å². The summed E-state index contributed by atoms with van der Waals surface area (Å²) in [7, 11) is 0. The second-order valence-electron chi connectivity index (χ2n) is 4.75. The summed E-state index contributed by atoms with van der Waals surface area (Å²) in [6, 6.07) is 11.0. The fourth-order valence-corrected chi connectivity index (χ4v) is 3.70. The Morgan fingerprint density at radius 3 is 2.37 bits per heavy atom. The van der Waals surface area contributed by atoms with Gasteiger partial charge in [0.25, 0.3) is 0 Å². The molecule has 0 N–H and O–H groups in total. The lowest BCUT2D eigenvalue weighted by Gasteiger charge is -2.16. The van der Waals surface area contributed by atoms with E-state index in [0.717, 1.165) is 33.7 Å². The van der Waals surface area contributed by atoms with E-state index >= 15 is 0 Å². The molecule has 0 fully saturated rings. The van der Waals surface area contributed by atoms with E-state index in [4.69, 9.17) is 11.6 Å². The predicted octanol–water partition coefficient (Wildman–Crippen LogP) is 5.77. The van der Waals surface area contributed by atoms with Gasteiger partial charge in [0, 0.05) is 9.85 Å². The highest BCUT2D eigenvalue weighted by atomic mass is 79.9. The van der Waals surface area contributed by atoms with Crippen LogP contribution in [-0.4, -0.2) is 0 Å². The Bertz CT molecular complexity index is 572. The topological polar surface area (TPSA) is 0 Å². The van der Waals surface area contributed by atoms with Crippen molar-refractivity contribution >= 4 is 27.5 Å². The van der Waals surface area contributed by atoms with E-state index in [2.05, 4.69) is 15.9 Å². The molecule has 0 bridgehead atoms. The van der Waals surface area contributed by atoms with Crippen LogP contribution in [0.2, 0.25) is 5.02 Å². The summed E-state index contributed by atoms with van der Waals surface area (Å²) in [5, 5.41) is 0.741. The van der Waals surface area contributed by atoms with Gasteiger partial charge in [-0.05, 0) is 66.8 Å². The molecule has 0 saturated heterocycles. The van der Waals surface area contributed by atoms with Crippen LogP contribution in [0.15, 0.2) is 36.4 Å². The average Bonchev–Trinajstić information content (AvgIpc) is 2.27. The van der Waals surface area contributed by atoms with Gasteiger partial charge < -0.3 is 0 Å². The number of hydrogen-bond acceptors (Lipinski definition) is 0. The Kier molecular flexibility index (Phi) is 4.64. The summed E-state index contributed by atoms with van der Waals surface area (Å²) >= 11 is 9.70. The minimum absolute atomic E-state index is 0.159. The van der Waals surface area contributed by atoms with Crippen molar-refractivity contribution in [3.8, 4) is 0 Å². The minimum Gasteiger partial charge on any atom is -0.207 e. The van der Waals surface area contributed by atoms with Crippen LogP contribution in [0.25, 0.3) is 0 Å². The molecule has 0 aliphatic heterocycles. The Labute approximate surface area is 126 Å². The lowest BCUT2D eigenvalue weighted by molar-refractivity contribution is 0.624. The van der Waals surface area contributed by atoms with Crippen LogP contribution in [0.4, 0.5) is 4.39 Å². The molecule has 0 radical (unpaired) electrons. The van der Waals surface area contributed by atoms with Gasteiger partial charge in [-0.1, -0.05) is 39.7 Å². The van der Waals surface area contributed by atoms with Crippen molar-refractivity contribution in [3.63, 3.8) is 0 Å². The maximum atomic E-state index is 13.3. The number of aryl methyl sites for hydroxylation is 2. The van der Waals surface area contributed by atoms with Gasteiger partial charge in [0.1, 0.15) is 5.82 Å². The molecule has 0 heterocycles. The first-order chi connectivity index (χ1) is 8.97. The highest BCUT2D eigenvalue weighted by Crippen LogP contribution is 2.33. The highest BCUT2D eigenvalue weighted by molar-refractivity contribution is 9.09. The largest absolute Gasteiger partial charge is 0.207 e. The molecular formula is C16H15BrClF. The Morgan fingerprint density at radius 1 is 1.16 bits per heavy atom. The lowest BCUT2D eigenvalue weighted by atomic mass is 9.96. The molecule has 100 valence electrons. The Morgan fingerprint density at radius 2 is 1.79 bits per heavy atom. The summed E-state index contributed by atoms with van der Waals surface area (Å²) < 4.78 is 13.3. The van der Waals surface area contributed by atoms with Gasteiger partial charge >= 0.3 is 0 Å². The first kappa shape index (κ1) is 14.5. The molecule has 1 atom stereocenters. The summed E-state index contributed by atoms with van der Waals surface area (Å²) in [6.07, 6.45) is 0.827. The molecule has 1 unspecified atom stereocenters. The zero-order chi connectivity index (χ0) is 14.0. The molecular weight excluding hydrogens is 327 g/mol. The summed E-state index contributed by atoms with van der Waals surface area (Å²) in [5.41, 5.74) is 4.27. The van der Waals surface area contributed by atoms with Crippen LogP contribution in [0.5, 0.6) is 0 Å². The zero-order valence-electron chi connectivity index (χ0n) is 10.9. The highest BCUT2D eigenvalue weighted by Gasteiger charge is 2.15. The van der Waals surface area contributed by atoms with Crippen molar-refractivity contribution in [2.45, 2.75) is 25.1 Å². The van der Waals surface area contributed by atoms with E-state index in [1.807, 2.05) is 38.1 Å². The molecule has 0 saturated carbocycles. The molecule has 2 aromatic carbocycles. The first-order valence-corrected chi connectivity index (χ1v) is 7.42.